The van der Waals surface area contributed by atoms with Gasteiger partial charge < -0.3 is 0 Å². The van der Waals surface area contributed by atoms with Crippen molar-refractivity contribution in [2.75, 3.05) is 0 Å². The second-order valence-electron chi connectivity index (χ2n) is 7.76. The van der Waals surface area contributed by atoms with Crippen LogP contribution >= 0.6 is 40.7 Å². The second kappa shape index (κ2) is 6.91. The van der Waals surface area contributed by atoms with Crippen molar-refractivity contribution in [3.05, 3.63) is 41.5 Å². The van der Waals surface area contributed by atoms with E-state index in [0.717, 1.165) is 0 Å². The van der Waals surface area contributed by atoms with Crippen LogP contribution in [0.15, 0.2) is 30.3 Å². The molecule has 0 radical (unpaired) electrons. The number of allylic oxidation sites excluding steroid dienone is 1. The Morgan fingerprint density at radius 1 is 1.14 bits per heavy atom. The second-order valence-corrected chi connectivity index (χ2v) is 37.4. The average molecular weight is 491 g/mol. The maximum absolute atomic E-state index is 4.03. The van der Waals surface area contributed by atoms with Crippen LogP contribution in [-0.2, 0) is 17.7 Å². The van der Waals surface area contributed by atoms with Crippen LogP contribution in [0.5, 0.6) is 0 Å². The molecule has 0 fully saturated rings. The Morgan fingerprint density at radius 2 is 1.67 bits per heavy atom. The molecule has 0 aliphatic heterocycles. The molecule has 1 aromatic carbocycles. The number of nitrogens with one attached hydrogen (secondary N) is 1. The van der Waals surface area contributed by atoms with Crippen LogP contribution in [0.3, 0.4) is 0 Å². The van der Waals surface area contributed by atoms with Crippen molar-refractivity contribution < 1.29 is 17.7 Å². The van der Waals surface area contributed by atoms with E-state index in [9.17, 15) is 0 Å². The first-order valence-electron chi connectivity index (χ1n) is 6.82. The van der Waals surface area contributed by atoms with Crippen LogP contribution in [0.25, 0.3) is 4.48 Å². The monoisotopic (exact) mass is 487 g/mol. The molecule has 21 heavy (non-hydrogen) atoms. The van der Waals surface area contributed by atoms with Gasteiger partial charge in [-0.3, -0.25) is 0 Å². The molecule has 0 aromatic heterocycles. The zero-order chi connectivity index (χ0) is 14.5. The molecule has 0 spiro atoms. The molecular weight excluding hydrogens is 464 g/mol. The third-order valence-corrected chi connectivity index (χ3v) is 17.9. The zero-order valence-corrected chi connectivity index (χ0v) is 20.5. The van der Waals surface area contributed by atoms with E-state index in [1.165, 1.54) is 15.6 Å². The van der Waals surface area contributed by atoms with E-state index in [1.54, 1.807) is 0 Å². The summed E-state index contributed by atoms with van der Waals surface area (Å²) in [5, 5.41) is 0. The van der Waals surface area contributed by atoms with Crippen molar-refractivity contribution in [1.29, 1.82) is 0 Å². The third-order valence-electron chi connectivity index (χ3n) is 3.65. The molecule has 1 aromatic rings. The average Bonchev–Trinajstić information content (AvgIpc) is 2.54. The maximum Gasteiger partial charge on any atom is -0.147 e. The molecule has 1 aliphatic rings. The van der Waals surface area contributed by atoms with Crippen LogP contribution in [-0.4, -0.2) is 12.4 Å². The van der Waals surface area contributed by atoms with E-state index in [4.69, 9.17) is 0 Å². The van der Waals surface area contributed by atoms with E-state index in [0.29, 0.717) is 3.63 Å². The van der Waals surface area contributed by atoms with Gasteiger partial charge in [0.05, 0.1) is 0 Å². The van der Waals surface area contributed by atoms with Gasteiger partial charge in [-0.1, -0.05) is 0 Å². The van der Waals surface area contributed by atoms with Gasteiger partial charge in [0, 0.05) is 0 Å². The summed E-state index contributed by atoms with van der Waals surface area (Å²) in [6.07, 6.45) is 2.43. The van der Waals surface area contributed by atoms with Gasteiger partial charge in [-0.2, -0.15) is 0 Å². The Bertz CT molecular complexity index is 616. The fourth-order valence-electron chi connectivity index (χ4n) is 3.39. The van der Waals surface area contributed by atoms with Gasteiger partial charge in [0.25, 0.3) is 0 Å². The topological polar surface area (TPSA) is 12.0 Å². The van der Waals surface area contributed by atoms with E-state index in [2.05, 4.69) is 86.4 Å². The number of halogens is 3. The van der Waals surface area contributed by atoms with Gasteiger partial charge in [-0.25, -0.2) is 0 Å². The Morgan fingerprint density at radius 3 is 2.19 bits per heavy atom. The Labute approximate surface area is 152 Å². The number of benzene rings is 1. The Kier molecular flexibility index (Phi) is 7.26. The molecule has 0 heterocycles. The van der Waals surface area contributed by atoms with Gasteiger partial charge in [-0.05, 0) is 0 Å². The summed E-state index contributed by atoms with van der Waals surface area (Å²) in [7, 11) is 0. The molecule has 6 heteroatoms. The summed E-state index contributed by atoms with van der Waals surface area (Å²) in [6, 6.07) is 8.81. The van der Waals surface area contributed by atoms with Gasteiger partial charge in [-0.15, -0.1) is 24.8 Å². The van der Waals surface area contributed by atoms with Crippen molar-refractivity contribution >= 4 is 52.1 Å². The molecule has 0 saturated carbocycles. The number of fused-ring (bicyclic) bond motifs is 1. The zero-order valence-electron chi connectivity index (χ0n) is 13.4. The molecule has 1 nitrogen and oxygen atoms in total. The first-order valence-corrected chi connectivity index (χ1v) is 21.1. The minimum absolute atomic E-state index is 0. The van der Waals surface area contributed by atoms with Crippen LogP contribution in [0.2, 0.25) is 9.26 Å². The molecule has 120 valence electrons. The maximum atomic E-state index is 4.03. The first-order chi connectivity index (χ1) is 8.48. The first kappa shape index (κ1) is 22.1. The normalized spacial score (nSPS) is 18.2. The summed E-state index contributed by atoms with van der Waals surface area (Å²) in [5.74, 6) is 0. The van der Waals surface area contributed by atoms with Crippen molar-refractivity contribution in [2.24, 2.45) is 0 Å². The van der Waals surface area contributed by atoms with Crippen molar-refractivity contribution in [1.82, 2.24) is 3.26 Å². The molecule has 0 bridgehead atoms. The van der Waals surface area contributed by atoms with E-state index >= 15 is 0 Å². The van der Waals surface area contributed by atoms with Crippen molar-refractivity contribution in [3.8, 4) is 0 Å². The van der Waals surface area contributed by atoms with Gasteiger partial charge in [0.2, 0.25) is 0 Å². The predicted molar refractivity (Wildman–Crippen MR) is 104 cm³/mol. The molecule has 0 saturated heterocycles. The summed E-state index contributed by atoms with van der Waals surface area (Å²) in [5.41, 5.74) is 3.05. The van der Waals surface area contributed by atoms with Crippen LogP contribution in [0.4, 0.5) is 0 Å². The number of rotatable bonds is 2. The predicted octanol–water partition coefficient (Wildman–Crippen LogP) is 4.96. The van der Waals surface area contributed by atoms with Crippen LogP contribution in [0.1, 0.15) is 35.5 Å². The van der Waals surface area contributed by atoms with Crippen LogP contribution in [0, 0.1) is 0 Å². The largest absolute Gasteiger partial charge is 0.147 e. The Balaban J connectivity index is 0.00000200. The Hall–Kier alpha value is 1.08. The quantitative estimate of drug-likeness (QED) is 0.579. The van der Waals surface area contributed by atoms with Gasteiger partial charge in [0.1, 0.15) is 0 Å². The molecule has 0 amide bonds. The number of hydrogen-bond donors (Lipinski definition) is 1. The molecule has 1 N–H and O–H groups in total. The SMILES string of the molecule is CC(C)(C)[NH][Zr]([CH3])([CH3])(=[SiH2])[CH]1C=C(Br)c2ccccc21.Cl.Cl. The fraction of sp³-hybridized carbons (Fsp3) is 0.467. The molecule has 1 aliphatic carbocycles. The summed E-state index contributed by atoms with van der Waals surface area (Å²) < 4.78 is 10.9. The van der Waals surface area contributed by atoms with Gasteiger partial charge >= 0.3 is 129 Å². The van der Waals surface area contributed by atoms with Crippen molar-refractivity contribution in [3.63, 3.8) is 0 Å². The van der Waals surface area contributed by atoms with Gasteiger partial charge in [0.15, 0.2) is 0 Å². The van der Waals surface area contributed by atoms with E-state index < -0.39 is 17.7 Å². The molecule has 1 atom stereocenters. The molecule has 1 unspecified atom stereocenters. The fourth-order valence-corrected chi connectivity index (χ4v) is 21.0. The molecule has 2 rings (SSSR count). The van der Waals surface area contributed by atoms with E-state index in [-0.39, 0.29) is 30.4 Å². The van der Waals surface area contributed by atoms with Crippen LogP contribution < -0.4 is 3.26 Å². The number of hydrogen-bond acceptors (Lipinski definition) is 1. The minimum Gasteiger partial charge on any atom is -0.147 e. The summed E-state index contributed by atoms with van der Waals surface area (Å²) >= 11 is 0.752. The van der Waals surface area contributed by atoms with Crippen molar-refractivity contribution in [2.45, 2.75) is 39.2 Å². The standard InChI is InChI=1S/C9H6Br.C4H10N.2CH3.2ClH.H2Si.Zr/c10-9-6-5-7-3-1-2-4-8(7)9;1-4(2,3)5;;;;;;/h1-6H;5H,1-3H3;2*1H3;2*1H;1H2;/q;-1;;;;;;+1. The third kappa shape index (κ3) is 5.02. The smallest absolute Gasteiger partial charge is 0.147 e. The van der Waals surface area contributed by atoms with E-state index in [1.807, 2.05) is 0 Å². The summed E-state index contributed by atoms with van der Waals surface area (Å²) in [4.78, 5) is 0. The summed E-state index contributed by atoms with van der Waals surface area (Å²) in [6.45, 7) is 9.10. The molecular formula is C15H26BrCl2NSiZr. The minimum atomic E-state index is -2.99.